The van der Waals surface area contributed by atoms with Crippen LogP contribution < -0.4 is 15.2 Å². The summed E-state index contributed by atoms with van der Waals surface area (Å²) < 4.78 is 38.7. The number of anilines is 1. The van der Waals surface area contributed by atoms with Crippen molar-refractivity contribution in [2.45, 2.75) is 104 Å². The molecule has 0 aliphatic carbocycles. The highest BCUT2D eigenvalue weighted by atomic mass is 31.2. The quantitative estimate of drug-likeness (QED) is 0.0800. The molecular weight excluding hydrogens is 537 g/mol. The Labute approximate surface area is 241 Å². The van der Waals surface area contributed by atoms with E-state index in [1.165, 1.54) is 77.0 Å². The topological polar surface area (TPSA) is 155 Å². The summed E-state index contributed by atoms with van der Waals surface area (Å²) in [5.41, 5.74) is 6.17. The van der Waals surface area contributed by atoms with Gasteiger partial charge in [-0.1, -0.05) is 90.4 Å². The lowest BCUT2D eigenvalue weighted by Crippen LogP contribution is -2.13. The predicted octanol–water partition coefficient (Wildman–Crippen LogP) is 5.79. The third kappa shape index (κ3) is 19.6. The van der Waals surface area contributed by atoms with E-state index in [9.17, 15) is 9.46 Å². The molecule has 40 heavy (non-hydrogen) atoms. The summed E-state index contributed by atoms with van der Waals surface area (Å²) in [7, 11) is -3.88. The normalized spacial score (nSPS) is 12.9. The minimum absolute atomic E-state index is 0.0300. The molecule has 11 nitrogen and oxygen atoms in total. The molecule has 0 amide bonds. The van der Waals surface area contributed by atoms with Crippen molar-refractivity contribution in [3.05, 3.63) is 5.56 Å². The van der Waals surface area contributed by atoms with Crippen molar-refractivity contribution in [2.75, 3.05) is 58.3 Å². The lowest BCUT2D eigenvalue weighted by molar-refractivity contribution is 0.0802. The summed E-state index contributed by atoms with van der Waals surface area (Å²) >= 11 is 0. The smallest absolute Gasteiger partial charge is 0.353 e. The Morgan fingerprint density at radius 1 is 0.700 bits per heavy atom. The van der Waals surface area contributed by atoms with Gasteiger partial charge in [-0.05, 0) is 13.3 Å². The summed E-state index contributed by atoms with van der Waals surface area (Å²) in [5, 5.41) is 8.89. The van der Waals surface area contributed by atoms with Crippen molar-refractivity contribution in [3.63, 3.8) is 0 Å². The molecular formula is C28H54N3O8P. The maximum Gasteiger partial charge on any atom is 0.353 e. The van der Waals surface area contributed by atoms with Gasteiger partial charge in [-0.15, -0.1) is 0 Å². The molecule has 1 heterocycles. The van der Waals surface area contributed by atoms with Crippen LogP contribution in [0.25, 0.3) is 0 Å². The first kappa shape index (κ1) is 36.5. The van der Waals surface area contributed by atoms with Crippen molar-refractivity contribution in [3.8, 4) is 11.8 Å². The van der Waals surface area contributed by atoms with Crippen LogP contribution in [0.2, 0.25) is 0 Å². The summed E-state index contributed by atoms with van der Waals surface area (Å²) in [6.07, 6.45) is 17.9. The van der Waals surface area contributed by atoms with Crippen LogP contribution in [0.15, 0.2) is 0 Å². The summed E-state index contributed by atoms with van der Waals surface area (Å²) in [5.74, 6) is 0.398. The number of aliphatic hydroxyl groups excluding tert-OH is 1. The van der Waals surface area contributed by atoms with Crippen LogP contribution in [0.1, 0.15) is 102 Å². The predicted molar refractivity (Wildman–Crippen MR) is 157 cm³/mol. The zero-order chi connectivity index (χ0) is 29.3. The number of unbranched alkanes of at least 4 members (excludes halogenated alkanes) is 13. The highest BCUT2D eigenvalue weighted by Crippen LogP contribution is 2.41. The fourth-order valence-electron chi connectivity index (χ4n) is 4.07. The third-order valence-electron chi connectivity index (χ3n) is 6.29. The lowest BCUT2D eigenvalue weighted by Gasteiger charge is -2.14. The third-order valence-corrected chi connectivity index (χ3v) is 7.38. The van der Waals surface area contributed by atoms with Crippen LogP contribution in [-0.2, 0) is 18.6 Å². The SMILES string of the molecule is CCCCCCCCCCCCCCCCOCCOP(=O)(O)COCCOc1nc(N)nc(OCCO)c1C. The van der Waals surface area contributed by atoms with Crippen LogP contribution in [0, 0.1) is 6.92 Å². The van der Waals surface area contributed by atoms with Crippen LogP contribution in [0.5, 0.6) is 11.8 Å². The number of nitrogens with zero attached hydrogens (tertiary/aromatic N) is 2. The van der Waals surface area contributed by atoms with Crippen molar-refractivity contribution in [1.29, 1.82) is 0 Å². The number of rotatable bonds is 28. The van der Waals surface area contributed by atoms with Gasteiger partial charge in [-0.25, -0.2) is 0 Å². The van der Waals surface area contributed by atoms with Gasteiger partial charge in [0.1, 0.15) is 19.6 Å². The largest absolute Gasteiger partial charge is 0.475 e. The monoisotopic (exact) mass is 591 g/mol. The van der Waals surface area contributed by atoms with Gasteiger partial charge < -0.3 is 39.2 Å². The standard InChI is InChI=1S/C28H54N3O8P/c1-3-4-5-6-7-8-9-10-11-12-13-14-15-16-18-35-21-23-39-40(33,34)24-36-20-22-38-27-25(2)26(37-19-17-32)30-28(29)31-27/h32H,3-24H2,1-2H3,(H,33,34)(H2,29,30,31). The number of aliphatic hydroxyl groups is 1. The number of hydrogen-bond acceptors (Lipinski definition) is 10. The Kier molecular flexibility index (Phi) is 22.1. The molecule has 1 atom stereocenters. The van der Waals surface area contributed by atoms with E-state index in [4.69, 9.17) is 34.3 Å². The van der Waals surface area contributed by atoms with Gasteiger partial charge in [0.2, 0.25) is 17.7 Å². The van der Waals surface area contributed by atoms with E-state index in [-0.39, 0.29) is 57.3 Å². The minimum atomic E-state index is -3.88. The molecule has 0 spiro atoms. The van der Waals surface area contributed by atoms with E-state index in [0.717, 1.165) is 12.8 Å². The number of aromatic nitrogens is 2. The van der Waals surface area contributed by atoms with E-state index >= 15 is 0 Å². The average molecular weight is 592 g/mol. The van der Waals surface area contributed by atoms with E-state index in [1.807, 2.05) is 0 Å². The second-order valence-corrected chi connectivity index (χ2v) is 11.7. The van der Waals surface area contributed by atoms with Gasteiger partial charge in [0.15, 0.2) is 0 Å². The first-order valence-electron chi connectivity index (χ1n) is 15.0. The number of nitrogens with two attached hydrogens (primary N) is 1. The summed E-state index contributed by atoms with van der Waals surface area (Å²) in [6.45, 7) is 4.89. The Morgan fingerprint density at radius 3 is 1.75 bits per heavy atom. The van der Waals surface area contributed by atoms with Crippen molar-refractivity contribution < 1.29 is 38.0 Å². The van der Waals surface area contributed by atoms with E-state index in [1.54, 1.807) is 6.92 Å². The molecule has 0 saturated heterocycles. The van der Waals surface area contributed by atoms with E-state index in [2.05, 4.69) is 16.9 Å². The molecule has 0 saturated carbocycles. The molecule has 0 radical (unpaired) electrons. The number of ether oxygens (including phenoxy) is 4. The minimum Gasteiger partial charge on any atom is -0.475 e. The molecule has 0 aromatic carbocycles. The molecule has 0 aliphatic rings. The Morgan fingerprint density at radius 2 is 1.20 bits per heavy atom. The Hall–Kier alpha value is -1.49. The number of nitrogen functional groups attached to an aromatic ring is 1. The van der Waals surface area contributed by atoms with Gasteiger partial charge >= 0.3 is 7.60 Å². The average Bonchev–Trinajstić information content (AvgIpc) is 2.92. The first-order chi connectivity index (χ1) is 19.4. The lowest BCUT2D eigenvalue weighted by atomic mass is 10.0. The molecule has 12 heteroatoms. The number of hydrogen-bond donors (Lipinski definition) is 3. The van der Waals surface area contributed by atoms with Gasteiger partial charge in [-0.2, -0.15) is 9.97 Å². The van der Waals surface area contributed by atoms with Crippen molar-refractivity contribution in [2.24, 2.45) is 0 Å². The van der Waals surface area contributed by atoms with Gasteiger partial charge in [0, 0.05) is 6.61 Å². The van der Waals surface area contributed by atoms with Crippen LogP contribution >= 0.6 is 7.60 Å². The molecule has 1 aromatic rings. The first-order valence-corrected chi connectivity index (χ1v) is 16.8. The maximum absolute atomic E-state index is 12.1. The highest BCUT2D eigenvalue weighted by Gasteiger charge is 2.19. The maximum atomic E-state index is 12.1. The van der Waals surface area contributed by atoms with Gasteiger partial charge in [-0.3, -0.25) is 4.57 Å². The van der Waals surface area contributed by atoms with Crippen LogP contribution in [0.4, 0.5) is 5.95 Å². The molecule has 1 aromatic heterocycles. The molecule has 4 N–H and O–H groups in total. The fourth-order valence-corrected chi connectivity index (χ4v) is 4.86. The van der Waals surface area contributed by atoms with Gasteiger partial charge in [0.05, 0.1) is 32.0 Å². The fraction of sp³-hybridized carbons (Fsp3) is 0.857. The zero-order valence-corrected chi connectivity index (χ0v) is 25.7. The zero-order valence-electron chi connectivity index (χ0n) is 24.8. The highest BCUT2D eigenvalue weighted by molar-refractivity contribution is 7.52. The molecule has 234 valence electrons. The second-order valence-electron chi connectivity index (χ2n) is 9.95. The molecule has 1 unspecified atom stereocenters. The molecule has 0 fully saturated rings. The van der Waals surface area contributed by atoms with Crippen LogP contribution in [0.3, 0.4) is 0 Å². The Balaban J connectivity index is 1.96. The summed E-state index contributed by atoms with van der Waals surface area (Å²) in [4.78, 5) is 17.9. The van der Waals surface area contributed by atoms with E-state index in [0.29, 0.717) is 12.2 Å². The van der Waals surface area contributed by atoms with Gasteiger partial charge in [0.25, 0.3) is 0 Å². The van der Waals surface area contributed by atoms with Crippen molar-refractivity contribution in [1.82, 2.24) is 9.97 Å². The summed E-state index contributed by atoms with van der Waals surface area (Å²) in [6, 6.07) is 0. The second kappa shape index (κ2) is 24.1. The molecule has 0 aliphatic heterocycles. The van der Waals surface area contributed by atoms with Crippen molar-refractivity contribution >= 4 is 13.5 Å². The Bertz CT molecular complexity index is 803. The van der Waals surface area contributed by atoms with Crippen LogP contribution in [-0.4, -0.2) is 72.6 Å². The van der Waals surface area contributed by atoms with E-state index < -0.39 is 13.9 Å². The molecule has 0 bridgehead atoms. The molecule has 1 rings (SSSR count).